The van der Waals surface area contributed by atoms with Gasteiger partial charge in [0.2, 0.25) is 5.91 Å². The van der Waals surface area contributed by atoms with Crippen LogP contribution in [0.25, 0.3) is 0 Å². The van der Waals surface area contributed by atoms with Crippen LogP contribution in [-0.2, 0) is 4.79 Å². The molecule has 0 saturated carbocycles. The van der Waals surface area contributed by atoms with Crippen LogP contribution in [0.2, 0.25) is 0 Å². The number of rotatable bonds is 4. The van der Waals surface area contributed by atoms with Crippen molar-refractivity contribution in [1.29, 1.82) is 0 Å². The lowest BCUT2D eigenvalue weighted by atomic mass is 10.2. The van der Waals surface area contributed by atoms with Crippen LogP contribution < -0.4 is 11.1 Å². The van der Waals surface area contributed by atoms with Gasteiger partial charge in [0.05, 0.1) is 3.79 Å². The van der Waals surface area contributed by atoms with Gasteiger partial charge in [-0.3, -0.25) is 4.79 Å². The minimum absolute atomic E-state index is 0.396. The Hall–Kier alpha value is -0.850. The number of carbonyl (C=O) groups excluding carboxylic acids is 1. The smallest absolute Gasteiger partial charge is 0.245 e. The van der Waals surface area contributed by atoms with Crippen molar-refractivity contribution >= 4 is 54.8 Å². The van der Waals surface area contributed by atoms with Crippen molar-refractivity contribution in [2.45, 2.75) is 6.04 Å². The first-order valence-electron chi connectivity index (χ1n) is 5.13. The summed E-state index contributed by atoms with van der Waals surface area (Å²) < 4.78 is 1.96. The molecule has 1 heterocycles. The molecule has 0 aliphatic heterocycles. The zero-order valence-electron chi connectivity index (χ0n) is 9.19. The van der Waals surface area contributed by atoms with Gasteiger partial charge in [-0.05, 0) is 52.3 Å². The maximum Gasteiger partial charge on any atom is 0.245 e. The van der Waals surface area contributed by atoms with Crippen molar-refractivity contribution in [2.75, 3.05) is 5.32 Å². The zero-order chi connectivity index (χ0) is 13.1. The van der Waals surface area contributed by atoms with Crippen molar-refractivity contribution in [3.8, 4) is 0 Å². The van der Waals surface area contributed by atoms with E-state index in [1.807, 2.05) is 36.4 Å². The molecule has 3 nitrogen and oxygen atoms in total. The molecule has 2 aromatic rings. The first-order valence-corrected chi connectivity index (χ1v) is 7.53. The van der Waals surface area contributed by atoms with Gasteiger partial charge >= 0.3 is 0 Å². The normalized spacial score (nSPS) is 12.1. The number of amides is 1. The molecule has 0 spiro atoms. The largest absolute Gasteiger partial charge is 0.369 e. The van der Waals surface area contributed by atoms with Gasteiger partial charge in [-0.2, -0.15) is 0 Å². The third kappa shape index (κ3) is 3.34. The zero-order valence-corrected chi connectivity index (χ0v) is 13.2. The molecule has 94 valence electrons. The minimum Gasteiger partial charge on any atom is -0.369 e. The summed E-state index contributed by atoms with van der Waals surface area (Å²) in [7, 11) is 0. The molecule has 0 fully saturated rings. The van der Waals surface area contributed by atoms with E-state index in [0.29, 0.717) is 0 Å². The highest BCUT2D eigenvalue weighted by Crippen LogP contribution is 2.29. The second-order valence-corrected chi connectivity index (χ2v) is 7.04. The lowest BCUT2D eigenvalue weighted by Crippen LogP contribution is -2.26. The Balaban J connectivity index is 2.22. The van der Waals surface area contributed by atoms with Crippen molar-refractivity contribution in [3.05, 3.63) is 49.5 Å². The molecule has 1 amide bonds. The molecule has 1 atom stereocenters. The molecule has 3 N–H and O–H groups in total. The van der Waals surface area contributed by atoms with Crippen molar-refractivity contribution in [2.24, 2.45) is 5.73 Å². The molecule has 0 aliphatic carbocycles. The highest BCUT2D eigenvalue weighted by molar-refractivity contribution is 9.11. The third-order valence-electron chi connectivity index (χ3n) is 2.32. The van der Waals surface area contributed by atoms with Crippen LogP contribution in [0.1, 0.15) is 10.9 Å². The number of hydrogen-bond donors (Lipinski definition) is 2. The van der Waals surface area contributed by atoms with Crippen LogP contribution in [-0.4, -0.2) is 5.91 Å². The third-order valence-corrected chi connectivity index (χ3v) is 4.54. The quantitative estimate of drug-likeness (QED) is 0.832. The molecule has 0 radical (unpaired) electrons. The molecule has 18 heavy (non-hydrogen) atoms. The summed E-state index contributed by atoms with van der Waals surface area (Å²) >= 11 is 8.23. The molecule has 0 bridgehead atoms. The summed E-state index contributed by atoms with van der Waals surface area (Å²) in [5, 5.41) is 3.13. The Kier molecular flexibility index (Phi) is 4.42. The van der Waals surface area contributed by atoms with E-state index in [-0.39, 0.29) is 0 Å². The molecule has 2 rings (SSSR count). The van der Waals surface area contributed by atoms with E-state index < -0.39 is 11.9 Å². The van der Waals surface area contributed by atoms with Gasteiger partial charge < -0.3 is 11.1 Å². The number of halogens is 2. The first kappa shape index (κ1) is 13.6. The second kappa shape index (κ2) is 5.86. The number of nitrogens with one attached hydrogen (secondary N) is 1. The SMILES string of the molecule is NC(=O)C(Nc1ccc(Br)cc1)c1ccc(Br)s1. The minimum atomic E-state index is -0.512. The van der Waals surface area contributed by atoms with Crippen LogP contribution in [0.5, 0.6) is 0 Å². The van der Waals surface area contributed by atoms with E-state index in [1.54, 1.807) is 0 Å². The molecular weight excluding hydrogens is 380 g/mol. The topological polar surface area (TPSA) is 55.1 Å². The number of anilines is 1. The molecule has 1 aromatic heterocycles. The molecule has 1 unspecified atom stereocenters. The van der Waals surface area contributed by atoms with E-state index in [1.165, 1.54) is 11.3 Å². The number of primary amides is 1. The fourth-order valence-corrected chi connectivity index (χ4v) is 3.23. The Morgan fingerprint density at radius 2 is 1.83 bits per heavy atom. The number of benzene rings is 1. The van der Waals surface area contributed by atoms with Gasteiger partial charge in [-0.1, -0.05) is 15.9 Å². The number of thiophene rings is 1. The van der Waals surface area contributed by atoms with Crippen LogP contribution in [0.15, 0.2) is 44.7 Å². The highest BCUT2D eigenvalue weighted by atomic mass is 79.9. The molecule has 0 saturated heterocycles. The van der Waals surface area contributed by atoms with Gasteiger partial charge in [-0.25, -0.2) is 0 Å². The fraction of sp³-hybridized carbons (Fsp3) is 0.0833. The van der Waals surface area contributed by atoms with Gasteiger partial charge in [0, 0.05) is 15.0 Å². The Labute approximate surface area is 126 Å². The Morgan fingerprint density at radius 1 is 1.17 bits per heavy atom. The maximum absolute atomic E-state index is 11.5. The van der Waals surface area contributed by atoms with E-state index in [9.17, 15) is 4.79 Å². The number of nitrogens with two attached hydrogens (primary N) is 1. The summed E-state index contributed by atoms with van der Waals surface area (Å²) in [6, 6.07) is 10.9. The van der Waals surface area contributed by atoms with Gasteiger partial charge in [0.1, 0.15) is 6.04 Å². The van der Waals surface area contributed by atoms with Crippen LogP contribution in [0.3, 0.4) is 0 Å². The van der Waals surface area contributed by atoms with Crippen molar-refractivity contribution in [1.82, 2.24) is 0 Å². The van der Waals surface area contributed by atoms with Gasteiger partial charge in [0.25, 0.3) is 0 Å². The average Bonchev–Trinajstić information content (AvgIpc) is 2.74. The number of carbonyl (C=O) groups is 1. The van der Waals surface area contributed by atoms with Crippen LogP contribution in [0, 0.1) is 0 Å². The van der Waals surface area contributed by atoms with E-state index in [0.717, 1.165) is 18.8 Å². The van der Waals surface area contributed by atoms with E-state index in [4.69, 9.17) is 5.73 Å². The van der Waals surface area contributed by atoms with E-state index in [2.05, 4.69) is 37.2 Å². The second-order valence-electron chi connectivity index (χ2n) is 3.63. The van der Waals surface area contributed by atoms with Gasteiger partial charge in [-0.15, -0.1) is 11.3 Å². The fourth-order valence-electron chi connectivity index (χ4n) is 1.48. The predicted molar refractivity (Wildman–Crippen MR) is 81.7 cm³/mol. The summed E-state index contributed by atoms with van der Waals surface area (Å²) in [4.78, 5) is 12.4. The van der Waals surface area contributed by atoms with Crippen LogP contribution >= 0.6 is 43.2 Å². The molecule has 1 aromatic carbocycles. The van der Waals surface area contributed by atoms with Crippen LogP contribution in [0.4, 0.5) is 5.69 Å². The molecular formula is C12H10Br2N2OS. The average molecular weight is 390 g/mol. The number of hydrogen-bond acceptors (Lipinski definition) is 3. The Bertz CT molecular complexity index is 553. The first-order chi connectivity index (χ1) is 8.56. The predicted octanol–water partition coefficient (Wildman–Crippen LogP) is 3.91. The summed E-state index contributed by atoms with van der Waals surface area (Å²) in [5.74, 6) is -0.396. The monoisotopic (exact) mass is 388 g/mol. The van der Waals surface area contributed by atoms with E-state index >= 15 is 0 Å². The lowest BCUT2D eigenvalue weighted by molar-refractivity contribution is -0.118. The molecule has 0 aliphatic rings. The van der Waals surface area contributed by atoms with Crippen molar-refractivity contribution in [3.63, 3.8) is 0 Å². The standard InChI is InChI=1S/C12H10Br2N2OS/c13-7-1-3-8(4-2-7)16-11(12(15)17)9-5-6-10(14)18-9/h1-6,11,16H,(H2,15,17). The Morgan fingerprint density at radius 3 is 2.33 bits per heavy atom. The highest BCUT2D eigenvalue weighted by Gasteiger charge is 2.19. The maximum atomic E-state index is 11.5. The summed E-state index contributed by atoms with van der Waals surface area (Å²) in [6.07, 6.45) is 0. The van der Waals surface area contributed by atoms with Crippen molar-refractivity contribution < 1.29 is 4.79 Å². The molecule has 6 heteroatoms. The summed E-state index contributed by atoms with van der Waals surface area (Å²) in [6.45, 7) is 0. The lowest BCUT2D eigenvalue weighted by Gasteiger charge is -2.15. The van der Waals surface area contributed by atoms with Gasteiger partial charge in [0.15, 0.2) is 0 Å². The summed E-state index contributed by atoms with van der Waals surface area (Å²) in [5.41, 5.74) is 6.29.